The molecule has 106 valence electrons. The fourth-order valence-electron chi connectivity index (χ4n) is 3.53. The molecule has 0 spiro atoms. The van der Waals surface area contributed by atoms with E-state index in [1.807, 2.05) is 0 Å². The van der Waals surface area contributed by atoms with Gasteiger partial charge in [0.2, 0.25) is 0 Å². The van der Waals surface area contributed by atoms with E-state index in [1.54, 1.807) is 0 Å². The third kappa shape index (κ3) is 3.18. The van der Waals surface area contributed by atoms with Gasteiger partial charge in [-0.25, -0.2) is 0 Å². The number of hydrogen-bond donors (Lipinski definition) is 1. The van der Waals surface area contributed by atoms with Crippen molar-refractivity contribution in [2.45, 2.75) is 51.6 Å². The maximum absolute atomic E-state index is 3.58. The zero-order valence-electron chi connectivity index (χ0n) is 12.7. The summed E-state index contributed by atoms with van der Waals surface area (Å²) in [5, 5.41) is 3.58. The van der Waals surface area contributed by atoms with Crippen LogP contribution < -0.4 is 5.32 Å². The summed E-state index contributed by atoms with van der Waals surface area (Å²) in [6.07, 6.45) is 5.07. The van der Waals surface area contributed by atoms with Gasteiger partial charge in [0.1, 0.15) is 0 Å². The van der Waals surface area contributed by atoms with Crippen LogP contribution in [0.25, 0.3) is 0 Å². The van der Waals surface area contributed by atoms with Gasteiger partial charge in [-0.2, -0.15) is 0 Å². The van der Waals surface area contributed by atoms with Gasteiger partial charge in [-0.3, -0.25) is 4.90 Å². The number of fused-ring (bicyclic) bond motifs is 1. The molecule has 2 heteroatoms. The largest absolute Gasteiger partial charge is 0.312 e. The third-order valence-electron chi connectivity index (χ3n) is 4.42. The molecule has 1 aliphatic rings. The zero-order chi connectivity index (χ0) is 13.7. The molecule has 1 aromatic carbocycles. The summed E-state index contributed by atoms with van der Waals surface area (Å²) < 4.78 is 0. The van der Waals surface area contributed by atoms with Gasteiger partial charge in [0, 0.05) is 12.1 Å². The molecule has 1 N–H and O–H groups in total. The highest BCUT2D eigenvalue weighted by molar-refractivity contribution is 5.32. The Balaban J connectivity index is 2.29. The molecule has 2 unspecified atom stereocenters. The molecular formula is C17H28N2. The Bertz CT molecular complexity index is 389. The van der Waals surface area contributed by atoms with Crippen molar-refractivity contribution in [1.82, 2.24) is 10.2 Å². The smallest absolute Gasteiger partial charge is 0.0478 e. The Labute approximate surface area is 118 Å². The number of hydrogen-bond acceptors (Lipinski definition) is 2. The lowest BCUT2D eigenvalue weighted by Gasteiger charge is -2.36. The molecule has 0 bridgehead atoms. The molecule has 0 saturated heterocycles. The van der Waals surface area contributed by atoms with Crippen molar-refractivity contribution < 1.29 is 0 Å². The normalized spacial score (nSPS) is 23.2. The second-order valence-electron chi connectivity index (χ2n) is 5.55. The van der Waals surface area contributed by atoms with E-state index in [0.717, 1.165) is 6.54 Å². The number of rotatable bonds is 5. The zero-order valence-corrected chi connectivity index (χ0v) is 12.7. The van der Waals surface area contributed by atoms with E-state index < -0.39 is 0 Å². The second kappa shape index (κ2) is 7.06. The van der Waals surface area contributed by atoms with Crippen LogP contribution in [0.2, 0.25) is 0 Å². The summed E-state index contributed by atoms with van der Waals surface area (Å²) in [6, 6.07) is 10.1. The van der Waals surface area contributed by atoms with Crippen molar-refractivity contribution in [3.63, 3.8) is 0 Å². The van der Waals surface area contributed by atoms with Gasteiger partial charge in [0.05, 0.1) is 0 Å². The molecule has 2 rings (SSSR count). The molecule has 0 aliphatic heterocycles. The van der Waals surface area contributed by atoms with Crippen LogP contribution in [-0.4, -0.2) is 31.1 Å². The monoisotopic (exact) mass is 260 g/mol. The highest BCUT2D eigenvalue weighted by Crippen LogP contribution is 2.31. The number of likely N-dealkylation sites (N-methyl/N-ethyl adjacent to an activating group) is 2. The van der Waals surface area contributed by atoms with Gasteiger partial charge in [-0.1, -0.05) is 38.1 Å². The van der Waals surface area contributed by atoms with Gasteiger partial charge in [-0.05, 0) is 56.9 Å². The molecule has 1 aromatic rings. The van der Waals surface area contributed by atoms with E-state index in [4.69, 9.17) is 0 Å². The van der Waals surface area contributed by atoms with Crippen LogP contribution in [0.4, 0.5) is 0 Å². The maximum Gasteiger partial charge on any atom is 0.0478 e. The van der Waals surface area contributed by atoms with Gasteiger partial charge in [0.15, 0.2) is 0 Å². The van der Waals surface area contributed by atoms with Gasteiger partial charge >= 0.3 is 0 Å². The molecule has 0 radical (unpaired) electrons. The lowest BCUT2D eigenvalue weighted by molar-refractivity contribution is 0.159. The number of aryl methyl sites for hydroxylation is 1. The molecule has 2 nitrogen and oxygen atoms in total. The summed E-state index contributed by atoms with van der Waals surface area (Å²) in [6.45, 7) is 6.93. The first kappa shape index (κ1) is 14.5. The topological polar surface area (TPSA) is 15.3 Å². The molecule has 0 aromatic heterocycles. The Hall–Kier alpha value is -0.860. The molecule has 1 aliphatic carbocycles. The first-order valence-electron chi connectivity index (χ1n) is 7.80. The second-order valence-corrected chi connectivity index (χ2v) is 5.55. The minimum absolute atomic E-state index is 0.477. The van der Waals surface area contributed by atoms with Crippen LogP contribution in [0, 0.1) is 0 Å². The van der Waals surface area contributed by atoms with Crippen LogP contribution in [0.3, 0.4) is 0 Å². The quantitative estimate of drug-likeness (QED) is 0.816. The Morgan fingerprint density at radius 2 is 2.05 bits per heavy atom. The van der Waals surface area contributed by atoms with Crippen molar-refractivity contribution in [3.05, 3.63) is 35.4 Å². The first-order valence-corrected chi connectivity index (χ1v) is 7.80. The van der Waals surface area contributed by atoms with Crippen LogP contribution >= 0.6 is 0 Å². The third-order valence-corrected chi connectivity index (χ3v) is 4.42. The van der Waals surface area contributed by atoms with Crippen LogP contribution in [0.5, 0.6) is 0 Å². The van der Waals surface area contributed by atoms with Crippen molar-refractivity contribution in [1.29, 1.82) is 0 Å². The van der Waals surface area contributed by atoms with Crippen LogP contribution in [0.15, 0.2) is 24.3 Å². The fourth-order valence-corrected chi connectivity index (χ4v) is 3.53. The molecule has 0 saturated carbocycles. The van der Waals surface area contributed by atoms with E-state index in [9.17, 15) is 0 Å². The van der Waals surface area contributed by atoms with E-state index >= 15 is 0 Å². The Morgan fingerprint density at radius 3 is 2.74 bits per heavy atom. The number of benzene rings is 1. The van der Waals surface area contributed by atoms with Gasteiger partial charge < -0.3 is 5.32 Å². The Morgan fingerprint density at radius 1 is 1.26 bits per heavy atom. The summed E-state index contributed by atoms with van der Waals surface area (Å²) in [4.78, 5) is 2.66. The summed E-state index contributed by atoms with van der Waals surface area (Å²) in [5.41, 5.74) is 3.05. The molecule has 0 amide bonds. The van der Waals surface area contributed by atoms with E-state index in [1.165, 1.54) is 43.4 Å². The van der Waals surface area contributed by atoms with Gasteiger partial charge in [-0.15, -0.1) is 0 Å². The average molecular weight is 260 g/mol. The molecule has 0 fully saturated rings. The maximum atomic E-state index is 3.58. The summed E-state index contributed by atoms with van der Waals surface area (Å²) in [7, 11) is 2.11. The predicted octanol–water partition coefficient (Wildman–Crippen LogP) is 3.38. The van der Waals surface area contributed by atoms with Crippen molar-refractivity contribution in [2.24, 2.45) is 0 Å². The lowest BCUT2D eigenvalue weighted by atomic mass is 9.95. The fraction of sp³-hybridized carbons (Fsp3) is 0.647. The summed E-state index contributed by atoms with van der Waals surface area (Å²) in [5.74, 6) is 0. The molecular weight excluding hydrogens is 232 g/mol. The molecule has 19 heavy (non-hydrogen) atoms. The predicted molar refractivity (Wildman–Crippen MR) is 82.5 cm³/mol. The SMILES string of the molecule is CCCN(CC)C1CCCc2ccccc2C1NC. The number of nitrogens with one attached hydrogen (secondary N) is 1. The van der Waals surface area contributed by atoms with Gasteiger partial charge in [0.25, 0.3) is 0 Å². The van der Waals surface area contributed by atoms with E-state index in [0.29, 0.717) is 12.1 Å². The minimum atomic E-state index is 0.477. The number of nitrogens with zero attached hydrogens (tertiary/aromatic N) is 1. The van der Waals surface area contributed by atoms with E-state index in [-0.39, 0.29) is 0 Å². The highest BCUT2D eigenvalue weighted by Gasteiger charge is 2.29. The highest BCUT2D eigenvalue weighted by atomic mass is 15.2. The standard InChI is InChI=1S/C17H28N2/c1-4-13-19(5-2)16-12-8-10-14-9-6-7-11-15(14)17(16)18-3/h6-7,9,11,16-18H,4-5,8,10,12-13H2,1-3H3. The molecule has 2 atom stereocenters. The van der Waals surface area contributed by atoms with Crippen LogP contribution in [0.1, 0.15) is 50.3 Å². The lowest BCUT2D eigenvalue weighted by Crippen LogP contribution is -2.44. The molecule has 0 heterocycles. The Kier molecular flexibility index (Phi) is 5.41. The summed E-state index contributed by atoms with van der Waals surface area (Å²) >= 11 is 0. The minimum Gasteiger partial charge on any atom is -0.312 e. The van der Waals surface area contributed by atoms with E-state index in [2.05, 4.69) is 55.4 Å². The van der Waals surface area contributed by atoms with Crippen molar-refractivity contribution in [2.75, 3.05) is 20.1 Å². The average Bonchev–Trinajstić information content (AvgIpc) is 2.63. The first-order chi connectivity index (χ1) is 9.31. The van der Waals surface area contributed by atoms with Crippen molar-refractivity contribution in [3.8, 4) is 0 Å². The van der Waals surface area contributed by atoms with Crippen molar-refractivity contribution >= 4 is 0 Å². The van der Waals surface area contributed by atoms with Crippen LogP contribution in [-0.2, 0) is 6.42 Å².